The SMILES string of the molecule is CC(C)(O)C(C)(C)NC(=O)C1(N)CCCCC1. The molecule has 0 bridgehead atoms. The summed E-state index contributed by atoms with van der Waals surface area (Å²) in [6.45, 7) is 7.02. The minimum Gasteiger partial charge on any atom is -0.388 e. The number of nitrogens with two attached hydrogens (primary N) is 1. The Morgan fingerprint density at radius 2 is 1.65 bits per heavy atom. The predicted octanol–water partition coefficient (Wildman–Crippen LogP) is 1.31. The number of nitrogens with one attached hydrogen (secondary N) is 1. The fraction of sp³-hybridized carbons (Fsp3) is 0.923. The first-order valence-electron chi connectivity index (χ1n) is 6.42. The Balaban J connectivity index is 2.71. The molecule has 1 aliphatic rings. The molecule has 1 amide bonds. The van der Waals surface area contributed by atoms with Crippen molar-refractivity contribution in [3.8, 4) is 0 Å². The molecule has 100 valence electrons. The quantitative estimate of drug-likeness (QED) is 0.698. The van der Waals surface area contributed by atoms with Gasteiger partial charge in [-0.25, -0.2) is 0 Å². The molecular formula is C13H26N2O2. The zero-order valence-corrected chi connectivity index (χ0v) is 11.5. The Bertz CT molecular complexity index is 286. The van der Waals surface area contributed by atoms with Crippen molar-refractivity contribution in [3.05, 3.63) is 0 Å². The Kier molecular flexibility index (Phi) is 3.89. The maximum Gasteiger partial charge on any atom is 0.240 e. The molecule has 0 spiro atoms. The summed E-state index contributed by atoms with van der Waals surface area (Å²) in [5.41, 5.74) is 3.75. The van der Waals surface area contributed by atoms with Crippen LogP contribution in [0.3, 0.4) is 0 Å². The lowest BCUT2D eigenvalue weighted by atomic mass is 9.79. The first kappa shape index (κ1) is 14.5. The van der Waals surface area contributed by atoms with Gasteiger partial charge in [0.1, 0.15) is 0 Å². The van der Waals surface area contributed by atoms with Crippen LogP contribution in [-0.4, -0.2) is 27.7 Å². The van der Waals surface area contributed by atoms with Gasteiger partial charge in [0.05, 0.1) is 16.7 Å². The molecule has 17 heavy (non-hydrogen) atoms. The van der Waals surface area contributed by atoms with Crippen LogP contribution in [0.2, 0.25) is 0 Å². The van der Waals surface area contributed by atoms with E-state index in [-0.39, 0.29) is 5.91 Å². The fourth-order valence-corrected chi connectivity index (χ4v) is 1.97. The van der Waals surface area contributed by atoms with Crippen molar-refractivity contribution in [1.29, 1.82) is 0 Å². The smallest absolute Gasteiger partial charge is 0.240 e. The minimum atomic E-state index is -0.978. The molecule has 0 saturated heterocycles. The van der Waals surface area contributed by atoms with Crippen LogP contribution in [0, 0.1) is 0 Å². The molecule has 1 fully saturated rings. The van der Waals surface area contributed by atoms with Crippen molar-refractivity contribution in [2.75, 3.05) is 0 Å². The van der Waals surface area contributed by atoms with Crippen LogP contribution in [0.5, 0.6) is 0 Å². The van der Waals surface area contributed by atoms with E-state index in [0.717, 1.165) is 32.1 Å². The molecule has 0 aromatic heterocycles. The number of aliphatic hydroxyl groups is 1. The zero-order chi connectivity index (χ0) is 13.3. The average molecular weight is 242 g/mol. The second kappa shape index (κ2) is 4.58. The van der Waals surface area contributed by atoms with Gasteiger partial charge in [-0.15, -0.1) is 0 Å². The molecule has 0 aromatic rings. The average Bonchev–Trinajstić information content (AvgIpc) is 2.16. The van der Waals surface area contributed by atoms with Crippen molar-refractivity contribution < 1.29 is 9.90 Å². The molecule has 4 N–H and O–H groups in total. The summed E-state index contributed by atoms with van der Waals surface area (Å²) in [5.74, 6) is -0.135. The van der Waals surface area contributed by atoms with Gasteiger partial charge < -0.3 is 16.2 Å². The highest BCUT2D eigenvalue weighted by molar-refractivity contribution is 5.86. The molecule has 1 aliphatic carbocycles. The summed E-state index contributed by atoms with van der Waals surface area (Å²) in [6.07, 6.45) is 4.64. The monoisotopic (exact) mass is 242 g/mol. The third-order valence-corrected chi connectivity index (χ3v) is 4.15. The molecule has 0 unspecified atom stereocenters. The Morgan fingerprint density at radius 1 is 1.18 bits per heavy atom. The predicted molar refractivity (Wildman–Crippen MR) is 68.5 cm³/mol. The lowest BCUT2D eigenvalue weighted by Crippen LogP contribution is -2.64. The van der Waals surface area contributed by atoms with E-state index in [4.69, 9.17) is 5.73 Å². The van der Waals surface area contributed by atoms with Gasteiger partial charge in [-0.1, -0.05) is 19.3 Å². The lowest BCUT2D eigenvalue weighted by molar-refractivity contribution is -0.132. The second-order valence-electron chi connectivity index (χ2n) is 6.35. The molecule has 0 heterocycles. The highest BCUT2D eigenvalue weighted by Crippen LogP contribution is 2.28. The van der Waals surface area contributed by atoms with Crippen LogP contribution in [0.15, 0.2) is 0 Å². The van der Waals surface area contributed by atoms with Crippen molar-refractivity contribution >= 4 is 5.91 Å². The number of hydrogen-bond acceptors (Lipinski definition) is 3. The Labute approximate surface area is 104 Å². The zero-order valence-electron chi connectivity index (χ0n) is 11.5. The van der Waals surface area contributed by atoms with E-state index in [1.54, 1.807) is 13.8 Å². The van der Waals surface area contributed by atoms with E-state index in [0.29, 0.717) is 0 Å². The normalized spacial score (nSPS) is 21.1. The number of carbonyl (C=O) groups is 1. The van der Waals surface area contributed by atoms with Gasteiger partial charge in [0.15, 0.2) is 0 Å². The van der Waals surface area contributed by atoms with Crippen LogP contribution in [0.4, 0.5) is 0 Å². The van der Waals surface area contributed by atoms with Gasteiger partial charge in [0.2, 0.25) is 5.91 Å². The third-order valence-electron chi connectivity index (χ3n) is 4.15. The second-order valence-corrected chi connectivity index (χ2v) is 6.35. The van der Waals surface area contributed by atoms with Gasteiger partial charge in [0, 0.05) is 0 Å². The summed E-state index contributed by atoms with van der Waals surface area (Å²) in [7, 11) is 0. The Morgan fingerprint density at radius 3 is 2.06 bits per heavy atom. The van der Waals surface area contributed by atoms with E-state index in [1.165, 1.54) is 0 Å². The van der Waals surface area contributed by atoms with Gasteiger partial charge in [-0.2, -0.15) is 0 Å². The number of rotatable bonds is 3. The minimum absolute atomic E-state index is 0.135. The van der Waals surface area contributed by atoms with Gasteiger partial charge in [-0.3, -0.25) is 4.79 Å². The van der Waals surface area contributed by atoms with E-state index in [2.05, 4.69) is 5.32 Å². The fourth-order valence-electron chi connectivity index (χ4n) is 1.97. The highest BCUT2D eigenvalue weighted by Gasteiger charge is 2.42. The molecular weight excluding hydrogens is 216 g/mol. The summed E-state index contributed by atoms with van der Waals surface area (Å²) in [6, 6.07) is 0. The molecule has 0 aliphatic heterocycles. The molecule has 4 heteroatoms. The molecule has 1 rings (SSSR count). The van der Waals surface area contributed by atoms with E-state index >= 15 is 0 Å². The summed E-state index contributed by atoms with van der Waals surface area (Å²) >= 11 is 0. The molecule has 1 saturated carbocycles. The summed E-state index contributed by atoms with van der Waals surface area (Å²) in [5, 5.41) is 12.9. The topological polar surface area (TPSA) is 75.3 Å². The van der Waals surface area contributed by atoms with Gasteiger partial charge >= 0.3 is 0 Å². The number of amides is 1. The highest BCUT2D eigenvalue weighted by atomic mass is 16.3. The maximum atomic E-state index is 12.2. The van der Waals surface area contributed by atoms with Crippen molar-refractivity contribution in [2.24, 2.45) is 5.73 Å². The molecule has 0 aromatic carbocycles. The van der Waals surface area contributed by atoms with Crippen molar-refractivity contribution in [2.45, 2.75) is 76.5 Å². The van der Waals surface area contributed by atoms with Crippen LogP contribution < -0.4 is 11.1 Å². The summed E-state index contributed by atoms with van der Waals surface area (Å²) in [4.78, 5) is 12.2. The largest absolute Gasteiger partial charge is 0.388 e. The van der Waals surface area contributed by atoms with Crippen LogP contribution in [-0.2, 0) is 4.79 Å². The molecule has 0 radical (unpaired) electrons. The lowest BCUT2D eigenvalue weighted by Gasteiger charge is -2.41. The molecule has 4 nitrogen and oxygen atoms in total. The first-order chi connectivity index (χ1) is 7.58. The van der Waals surface area contributed by atoms with Crippen LogP contribution in [0.1, 0.15) is 59.8 Å². The maximum absolute atomic E-state index is 12.2. The number of carbonyl (C=O) groups excluding carboxylic acids is 1. The van der Waals surface area contributed by atoms with E-state index < -0.39 is 16.7 Å². The van der Waals surface area contributed by atoms with Crippen molar-refractivity contribution in [3.63, 3.8) is 0 Å². The Hall–Kier alpha value is -0.610. The molecule has 0 atom stereocenters. The first-order valence-corrected chi connectivity index (χ1v) is 6.42. The summed E-state index contributed by atoms with van der Waals surface area (Å²) < 4.78 is 0. The van der Waals surface area contributed by atoms with Crippen molar-refractivity contribution in [1.82, 2.24) is 5.32 Å². The standard InChI is InChI=1S/C13H26N2O2/c1-11(2,12(3,4)17)15-10(16)13(14)8-6-5-7-9-13/h17H,5-9,14H2,1-4H3,(H,15,16). The van der Waals surface area contributed by atoms with Crippen LogP contribution >= 0.6 is 0 Å². The van der Waals surface area contributed by atoms with Gasteiger partial charge in [-0.05, 0) is 40.5 Å². The van der Waals surface area contributed by atoms with E-state index in [9.17, 15) is 9.90 Å². The van der Waals surface area contributed by atoms with E-state index in [1.807, 2.05) is 13.8 Å². The number of hydrogen-bond donors (Lipinski definition) is 3. The van der Waals surface area contributed by atoms with Gasteiger partial charge in [0.25, 0.3) is 0 Å². The third kappa shape index (κ3) is 3.19. The van der Waals surface area contributed by atoms with Crippen LogP contribution in [0.25, 0.3) is 0 Å².